The molecule has 1 saturated carbocycles. The lowest BCUT2D eigenvalue weighted by Gasteiger charge is -2.24. The van der Waals surface area contributed by atoms with Crippen molar-refractivity contribution < 1.29 is 5.11 Å². The smallest absolute Gasteiger partial charge is 0.0657 e. The maximum Gasteiger partial charge on any atom is 0.0657 e. The van der Waals surface area contributed by atoms with Gasteiger partial charge in [-0.05, 0) is 12.8 Å². The normalized spacial score (nSPS) is 38.9. The first-order valence-corrected chi connectivity index (χ1v) is 2.40. The zero-order valence-electron chi connectivity index (χ0n) is 3.96. The summed E-state index contributed by atoms with van der Waals surface area (Å²) in [5.74, 6) is 0.148. The predicted octanol–water partition coefficient (Wildman–Crippen LogP) is 0.281. The first kappa shape index (κ1) is 4.61. The van der Waals surface area contributed by atoms with Gasteiger partial charge in [-0.1, -0.05) is 0 Å². The highest BCUT2D eigenvalue weighted by Gasteiger charge is 2.26. The van der Waals surface area contributed by atoms with Gasteiger partial charge in [0.15, 0.2) is 0 Å². The first-order chi connectivity index (χ1) is 3.33. The van der Waals surface area contributed by atoms with Gasteiger partial charge in [0.2, 0.25) is 0 Å². The molecule has 38 valence electrons. The Morgan fingerprint density at radius 3 is 2.29 bits per heavy atom. The maximum atomic E-state index is 8.60. The third-order valence-electron chi connectivity index (χ3n) is 1.30. The molecule has 0 saturated heterocycles. The Kier molecular flexibility index (Phi) is 0.994. The highest BCUT2D eigenvalue weighted by molar-refractivity contribution is 4.93. The largest absolute Gasteiger partial charge is 0.393 e. The fraction of sp³-hybridized carbons (Fsp3) is 0.800. The Morgan fingerprint density at radius 1 is 1.57 bits per heavy atom. The molecule has 0 aliphatic heterocycles. The van der Waals surface area contributed by atoms with Gasteiger partial charge in [-0.25, -0.2) is 0 Å². The van der Waals surface area contributed by atoms with Crippen LogP contribution in [-0.4, -0.2) is 11.2 Å². The van der Waals surface area contributed by atoms with E-state index in [1.807, 2.05) is 0 Å². The van der Waals surface area contributed by atoms with Crippen LogP contribution in [0.25, 0.3) is 0 Å². The minimum atomic E-state index is -0.176. The second-order valence-corrected chi connectivity index (χ2v) is 1.95. The van der Waals surface area contributed by atoms with Crippen molar-refractivity contribution in [3.63, 3.8) is 0 Å². The predicted molar refractivity (Wildman–Crippen MR) is 24.3 cm³/mol. The molecular formula is C5H7NO. The van der Waals surface area contributed by atoms with Crippen LogP contribution in [-0.2, 0) is 0 Å². The van der Waals surface area contributed by atoms with Crippen LogP contribution in [0, 0.1) is 17.2 Å². The van der Waals surface area contributed by atoms with E-state index in [0.29, 0.717) is 12.8 Å². The standard InChI is InChI=1S/C5H7NO/c6-3-4-1-5(7)2-4/h4-5,7H,1-2H2/t4-,5+. The number of hydrogen-bond acceptors (Lipinski definition) is 2. The van der Waals surface area contributed by atoms with Crippen molar-refractivity contribution in [2.24, 2.45) is 5.92 Å². The zero-order chi connectivity index (χ0) is 5.28. The lowest BCUT2D eigenvalue weighted by molar-refractivity contribution is 0.0657. The second kappa shape index (κ2) is 1.51. The maximum absolute atomic E-state index is 8.60. The summed E-state index contributed by atoms with van der Waals surface area (Å²) in [7, 11) is 0. The summed E-state index contributed by atoms with van der Waals surface area (Å²) in [6, 6.07) is 2.07. The molecule has 0 amide bonds. The highest BCUT2D eigenvalue weighted by Crippen LogP contribution is 2.25. The first-order valence-electron chi connectivity index (χ1n) is 2.40. The van der Waals surface area contributed by atoms with E-state index in [1.165, 1.54) is 0 Å². The van der Waals surface area contributed by atoms with E-state index in [2.05, 4.69) is 6.07 Å². The molecule has 2 nitrogen and oxygen atoms in total. The van der Waals surface area contributed by atoms with Crippen molar-refractivity contribution in [1.82, 2.24) is 0 Å². The molecule has 0 radical (unpaired) electrons. The van der Waals surface area contributed by atoms with Crippen LogP contribution >= 0.6 is 0 Å². The van der Waals surface area contributed by atoms with Crippen LogP contribution in [0.1, 0.15) is 12.8 Å². The van der Waals surface area contributed by atoms with E-state index in [-0.39, 0.29) is 12.0 Å². The van der Waals surface area contributed by atoms with Crippen LogP contribution in [0.5, 0.6) is 0 Å². The van der Waals surface area contributed by atoms with Crippen LogP contribution in [0.3, 0.4) is 0 Å². The Balaban J connectivity index is 2.21. The zero-order valence-corrected chi connectivity index (χ0v) is 3.96. The molecule has 0 unspecified atom stereocenters. The molecule has 0 aromatic heterocycles. The van der Waals surface area contributed by atoms with Gasteiger partial charge in [0.25, 0.3) is 0 Å². The van der Waals surface area contributed by atoms with E-state index in [4.69, 9.17) is 10.4 Å². The van der Waals surface area contributed by atoms with Gasteiger partial charge in [0, 0.05) is 0 Å². The topological polar surface area (TPSA) is 44.0 Å². The number of hydrogen-bond donors (Lipinski definition) is 1. The van der Waals surface area contributed by atoms with Gasteiger partial charge in [0.1, 0.15) is 0 Å². The molecule has 1 rings (SSSR count). The van der Waals surface area contributed by atoms with Crippen molar-refractivity contribution in [2.75, 3.05) is 0 Å². The van der Waals surface area contributed by atoms with E-state index in [9.17, 15) is 0 Å². The number of aliphatic hydroxyl groups is 1. The summed E-state index contributed by atoms with van der Waals surface area (Å²) in [5.41, 5.74) is 0. The third-order valence-corrected chi connectivity index (χ3v) is 1.30. The van der Waals surface area contributed by atoms with Gasteiger partial charge in [-0.2, -0.15) is 5.26 Å². The highest BCUT2D eigenvalue weighted by atomic mass is 16.3. The molecular weight excluding hydrogens is 90.1 g/mol. The second-order valence-electron chi connectivity index (χ2n) is 1.95. The molecule has 0 atom stereocenters. The minimum Gasteiger partial charge on any atom is -0.393 e. The molecule has 0 heterocycles. The summed E-state index contributed by atoms with van der Waals surface area (Å²) in [6.07, 6.45) is 1.21. The number of nitriles is 1. The molecule has 0 bridgehead atoms. The summed E-state index contributed by atoms with van der Waals surface area (Å²) in [6.45, 7) is 0. The van der Waals surface area contributed by atoms with Crippen molar-refractivity contribution in [2.45, 2.75) is 18.9 Å². The van der Waals surface area contributed by atoms with Crippen molar-refractivity contribution >= 4 is 0 Å². The quantitative estimate of drug-likeness (QED) is 0.472. The van der Waals surface area contributed by atoms with Crippen LogP contribution in [0.15, 0.2) is 0 Å². The lowest BCUT2D eigenvalue weighted by atomic mass is 9.84. The molecule has 0 aromatic rings. The van der Waals surface area contributed by atoms with E-state index >= 15 is 0 Å². The number of nitrogens with zero attached hydrogens (tertiary/aromatic N) is 1. The molecule has 0 aromatic carbocycles. The average molecular weight is 97.1 g/mol. The fourth-order valence-electron chi connectivity index (χ4n) is 0.693. The van der Waals surface area contributed by atoms with E-state index < -0.39 is 0 Å². The average Bonchev–Trinajstić information content (AvgIpc) is 1.58. The van der Waals surface area contributed by atoms with Gasteiger partial charge in [0.05, 0.1) is 18.1 Å². The third kappa shape index (κ3) is 0.726. The van der Waals surface area contributed by atoms with Crippen LogP contribution in [0.2, 0.25) is 0 Å². The molecule has 0 spiro atoms. The molecule has 1 N–H and O–H groups in total. The van der Waals surface area contributed by atoms with Crippen LogP contribution < -0.4 is 0 Å². The number of rotatable bonds is 0. The van der Waals surface area contributed by atoms with E-state index in [1.54, 1.807) is 0 Å². The molecule has 2 heteroatoms. The minimum absolute atomic E-state index is 0.148. The SMILES string of the molecule is N#C[C@H]1C[C@@H](O)C1. The van der Waals surface area contributed by atoms with Gasteiger partial charge in [-0.15, -0.1) is 0 Å². The lowest BCUT2D eigenvalue weighted by Crippen LogP contribution is -2.26. The van der Waals surface area contributed by atoms with E-state index in [0.717, 1.165) is 0 Å². The monoisotopic (exact) mass is 97.1 g/mol. The Morgan fingerprint density at radius 2 is 2.14 bits per heavy atom. The van der Waals surface area contributed by atoms with Gasteiger partial charge < -0.3 is 5.11 Å². The Bertz CT molecular complexity index is 99.1. The summed E-state index contributed by atoms with van der Waals surface area (Å²) >= 11 is 0. The summed E-state index contributed by atoms with van der Waals surface area (Å²) in [4.78, 5) is 0. The van der Waals surface area contributed by atoms with Gasteiger partial charge >= 0.3 is 0 Å². The Hall–Kier alpha value is -0.550. The molecule has 1 aliphatic carbocycles. The van der Waals surface area contributed by atoms with Crippen molar-refractivity contribution in [3.05, 3.63) is 0 Å². The van der Waals surface area contributed by atoms with Gasteiger partial charge in [-0.3, -0.25) is 0 Å². The summed E-state index contributed by atoms with van der Waals surface area (Å²) in [5, 5.41) is 16.7. The molecule has 7 heavy (non-hydrogen) atoms. The summed E-state index contributed by atoms with van der Waals surface area (Å²) < 4.78 is 0. The number of aliphatic hydroxyl groups excluding tert-OH is 1. The fourth-order valence-corrected chi connectivity index (χ4v) is 0.693. The van der Waals surface area contributed by atoms with Crippen LogP contribution in [0.4, 0.5) is 0 Å². The molecule has 1 aliphatic rings. The Labute approximate surface area is 42.4 Å². The van der Waals surface area contributed by atoms with Crippen molar-refractivity contribution in [1.29, 1.82) is 5.26 Å². The van der Waals surface area contributed by atoms with Crippen molar-refractivity contribution in [3.8, 4) is 6.07 Å². The molecule has 1 fully saturated rings.